The Morgan fingerprint density at radius 3 is 1.85 bits per heavy atom. The number of carbonyl (C=O) groups excluding carboxylic acids is 1. The van der Waals surface area contributed by atoms with Crippen LogP contribution >= 0.6 is 0 Å². The predicted octanol–water partition coefficient (Wildman–Crippen LogP) is 3.60. The van der Waals surface area contributed by atoms with Crippen molar-refractivity contribution in [2.45, 2.75) is 109 Å². The minimum atomic E-state index is -1.06. The van der Waals surface area contributed by atoms with Crippen LogP contribution in [0.2, 0.25) is 0 Å². The fourth-order valence-corrected chi connectivity index (χ4v) is 3.14. The predicted molar refractivity (Wildman–Crippen MR) is 109 cm³/mol. The van der Waals surface area contributed by atoms with E-state index in [1.165, 1.54) is 44.9 Å². The van der Waals surface area contributed by atoms with E-state index in [1.807, 2.05) is 0 Å². The van der Waals surface area contributed by atoms with E-state index in [4.69, 9.17) is 10.8 Å². The van der Waals surface area contributed by atoms with Crippen LogP contribution in [-0.2, 0) is 9.59 Å². The second kappa shape index (κ2) is 17.0. The molecule has 5 N–H and O–H groups in total. The number of carbonyl (C=O) groups is 2. The van der Waals surface area contributed by atoms with Crippen molar-refractivity contribution >= 4 is 11.9 Å². The van der Waals surface area contributed by atoms with Crippen LogP contribution in [0.25, 0.3) is 0 Å². The van der Waals surface area contributed by atoms with Gasteiger partial charge in [-0.25, -0.2) is 4.79 Å². The Hall–Kier alpha value is -1.14. The summed E-state index contributed by atoms with van der Waals surface area (Å²) in [5, 5.41) is 21.5. The van der Waals surface area contributed by atoms with Crippen LogP contribution < -0.4 is 11.1 Å². The number of rotatable bonds is 18. The number of nitrogens with two attached hydrogens (primary N) is 1. The van der Waals surface area contributed by atoms with Crippen LogP contribution in [0.5, 0.6) is 0 Å². The van der Waals surface area contributed by atoms with E-state index in [0.29, 0.717) is 25.8 Å². The number of aliphatic hydroxyl groups is 1. The van der Waals surface area contributed by atoms with Crippen LogP contribution in [0.15, 0.2) is 0 Å². The molecule has 0 aromatic heterocycles. The number of carboxylic acids is 1. The summed E-state index contributed by atoms with van der Waals surface area (Å²) in [6.07, 6.45) is 11.6. The average molecular weight is 387 g/mol. The number of hydrogen-bond acceptors (Lipinski definition) is 4. The lowest BCUT2D eigenvalue weighted by atomic mass is 10.0. The zero-order chi connectivity index (χ0) is 20.5. The molecule has 0 aliphatic heterocycles. The van der Waals surface area contributed by atoms with Crippen molar-refractivity contribution < 1.29 is 19.8 Å². The van der Waals surface area contributed by atoms with Crippen molar-refractivity contribution in [2.24, 2.45) is 11.7 Å². The molecule has 2 unspecified atom stereocenters. The summed E-state index contributed by atoms with van der Waals surface area (Å²) in [5.41, 5.74) is 5.37. The Morgan fingerprint density at radius 1 is 0.852 bits per heavy atom. The molecule has 6 nitrogen and oxygen atoms in total. The molecule has 0 fully saturated rings. The van der Waals surface area contributed by atoms with E-state index in [2.05, 4.69) is 19.2 Å². The maximum atomic E-state index is 11.9. The van der Waals surface area contributed by atoms with Gasteiger partial charge in [0, 0.05) is 0 Å². The lowest BCUT2D eigenvalue weighted by molar-refractivity contribution is -0.142. The molecule has 0 spiro atoms. The average Bonchev–Trinajstić information content (AvgIpc) is 2.59. The van der Waals surface area contributed by atoms with E-state index >= 15 is 0 Å². The van der Waals surface area contributed by atoms with Gasteiger partial charge in [0.15, 0.2) is 0 Å². The van der Waals surface area contributed by atoms with Gasteiger partial charge in [0.25, 0.3) is 0 Å². The summed E-state index contributed by atoms with van der Waals surface area (Å²) < 4.78 is 0. The van der Waals surface area contributed by atoms with Crippen LogP contribution in [0.3, 0.4) is 0 Å². The quantitative estimate of drug-likeness (QED) is 0.269. The van der Waals surface area contributed by atoms with Gasteiger partial charge in [-0.05, 0) is 31.7 Å². The first kappa shape index (κ1) is 25.9. The minimum absolute atomic E-state index is 0.0394. The highest BCUT2D eigenvalue weighted by Gasteiger charge is 2.20. The van der Waals surface area contributed by atoms with Crippen molar-refractivity contribution in [3.8, 4) is 0 Å². The second-order valence-electron chi connectivity index (χ2n) is 8.05. The Labute approximate surface area is 165 Å². The van der Waals surface area contributed by atoms with Crippen molar-refractivity contribution in [1.29, 1.82) is 0 Å². The zero-order valence-electron chi connectivity index (χ0n) is 17.4. The SMILES string of the molecule is CC(C)CCCCCCCCCCC(O)CC(=O)NC(CCCN)C(=O)O. The van der Waals surface area contributed by atoms with E-state index < -0.39 is 24.0 Å². The first-order valence-corrected chi connectivity index (χ1v) is 10.8. The third-order valence-corrected chi connectivity index (χ3v) is 4.82. The number of carboxylic acid groups (broad SMARTS) is 1. The van der Waals surface area contributed by atoms with E-state index in [1.54, 1.807) is 0 Å². The van der Waals surface area contributed by atoms with Crippen LogP contribution in [0.1, 0.15) is 97.3 Å². The maximum absolute atomic E-state index is 11.9. The van der Waals surface area contributed by atoms with Gasteiger partial charge in [-0.1, -0.05) is 71.6 Å². The van der Waals surface area contributed by atoms with Gasteiger partial charge in [-0.2, -0.15) is 0 Å². The van der Waals surface area contributed by atoms with Gasteiger partial charge >= 0.3 is 5.97 Å². The third-order valence-electron chi connectivity index (χ3n) is 4.82. The highest BCUT2D eigenvalue weighted by atomic mass is 16.4. The number of aliphatic hydroxyl groups excluding tert-OH is 1. The molecule has 1 amide bonds. The lowest BCUT2D eigenvalue weighted by Crippen LogP contribution is -2.42. The molecule has 0 saturated heterocycles. The van der Waals surface area contributed by atoms with Crippen molar-refractivity contribution in [3.05, 3.63) is 0 Å². The highest BCUT2D eigenvalue weighted by Crippen LogP contribution is 2.14. The largest absolute Gasteiger partial charge is 0.480 e. The molecular formula is C21H42N2O4. The maximum Gasteiger partial charge on any atom is 0.326 e. The summed E-state index contributed by atoms with van der Waals surface area (Å²) in [5.74, 6) is -0.664. The highest BCUT2D eigenvalue weighted by molar-refractivity contribution is 5.83. The van der Waals surface area contributed by atoms with Gasteiger partial charge in [-0.15, -0.1) is 0 Å². The number of hydrogen-bond donors (Lipinski definition) is 4. The van der Waals surface area contributed by atoms with Gasteiger partial charge in [-0.3, -0.25) is 4.79 Å². The van der Waals surface area contributed by atoms with E-state index in [0.717, 1.165) is 18.8 Å². The molecule has 27 heavy (non-hydrogen) atoms. The fourth-order valence-electron chi connectivity index (χ4n) is 3.14. The Bertz CT molecular complexity index is 388. The number of amides is 1. The molecule has 0 aliphatic rings. The van der Waals surface area contributed by atoms with Crippen LogP contribution in [0.4, 0.5) is 0 Å². The van der Waals surface area contributed by atoms with Gasteiger partial charge in [0.2, 0.25) is 5.91 Å². The monoisotopic (exact) mass is 386 g/mol. The molecular weight excluding hydrogens is 344 g/mol. The lowest BCUT2D eigenvalue weighted by Gasteiger charge is -2.16. The molecule has 0 heterocycles. The molecule has 0 aromatic rings. The smallest absolute Gasteiger partial charge is 0.326 e. The molecule has 0 aromatic carbocycles. The fraction of sp³-hybridized carbons (Fsp3) is 0.905. The number of aliphatic carboxylic acids is 1. The molecule has 0 saturated carbocycles. The summed E-state index contributed by atoms with van der Waals surface area (Å²) in [7, 11) is 0. The van der Waals surface area contributed by atoms with Crippen LogP contribution in [-0.4, -0.2) is 40.8 Å². The number of unbranched alkanes of at least 4 members (excludes halogenated alkanes) is 7. The molecule has 0 rings (SSSR count). The third kappa shape index (κ3) is 16.7. The van der Waals surface area contributed by atoms with Gasteiger partial charge in [0.05, 0.1) is 12.5 Å². The standard InChI is InChI=1S/C21H42N2O4/c1-17(2)12-9-7-5-3-4-6-8-10-13-18(24)16-20(25)23-19(21(26)27)14-11-15-22/h17-19,24H,3-16,22H2,1-2H3,(H,23,25)(H,26,27). The van der Waals surface area contributed by atoms with Gasteiger partial charge in [0.1, 0.15) is 6.04 Å². The molecule has 0 aliphatic carbocycles. The molecule has 6 heteroatoms. The first-order valence-electron chi connectivity index (χ1n) is 10.8. The second-order valence-corrected chi connectivity index (χ2v) is 8.05. The van der Waals surface area contributed by atoms with Gasteiger partial charge < -0.3 is 21.3 Å². The minimum Gasteiger partial charge on any atom is -0.480 e. The molecule has 0 bridgehead atoms. The zero-order valence-corrected chi connectivity index (χ0v) is 17.4. The topological polar surface area (TPSA) is 113 Å². The van der Waals surface area contributed by atoms with Crippen LogP contribution in [0, 0.1) is 5.92 Å². The Morgan fingerprint density at radius 2 is 1.37 bits per heavy atom. The van der Waals surface area contributed by atoms with Crippen molar-refractivity contribution in [3.63, 3.8) is 0 Å². The number of nitrogens with one attached hydrogen (secondary N) is 1. The summed E-state index contributed by atoms with van der Waals surface area (Å²) in [6.45, 7) is 4.93. The Kier molecular flexibility index (Phi) is 16.3. The molecule has 2 atom stereocenters. The van der Waals surface area contributed by atoms with Crippen molar-refractivity contribution in [2.75, 3.05) is 6.54 Å². The molecule has 0 radical (unpaired) electrons. The molecule has 160 valence electrons. The van der Waals surface area contributed by atoms with Crippen molar-refractivity contribution in [1.82, 2.24) is 5.32 Å². The van der Waals surface area contributed by atoms with E-state index in [-0.39, 0.29) is 6.42 Å². The normalized spacial score (nSPS) is 13.5. The Balaban J connectivity index is 3.65. The van der Waals surface area contributed by atoms with E-state index in [9.17, 15) is 14.7 Å². The summed E-state index contributed by atoms with van der Waals surface area (Å²) in [4.78, 5) is 23.0. The summed E-state index contributed by atoms with van der Waals surface area (Å²) in [6, 6.07) is -0.922. The summed E-state index contributed by atoms with van der Waals surface area (Å²) >= 11 is 0. The first-order chi connectivity index (χ1) is 12.9.